The van der Waals surface area contributed by atoms with Gasteiger partial charge in [0.15, 0.2) is 0 Å². The van der Waals surface area contributed by atoms with Crippen molar-refractivity contribution in [1.82, 2.24) is 14.7 Å². The molecule has 0 saturated carbocycles. The number of hydrogen-bond donors (Lipinski definition) is 0. The zero-order valence-corrected chi connectivity index (χ0v) is 13.9. The van der Waals surface area contributed by atoms with E-state index in [0.29, 0.717) is 18.8 Å². The van der Waals surface area contributed by atoms with Crippen LogP contribution in [0.2, 0.25) is 0 Å². The zero-order valence-electron chi connectivity index (χ0n) is 13.9. The van der Waals surface area contributed by atoms with E-state index in [2.05, 4.69) is 11.8 Å². The van der Waals surface area contributed by atoms with Gasteiger partial charge in [-0.25, -0.2) is 9.18 Å². The van der Waals surface area contributed by atoms with Crippen LogP contribution in [0.15, 0.2) is 24.3 Å². The van der Waals surface area contributed by atoms with Crippen LogP contribution in [-0.2, 0) is 4.79 Å². The number of rotatable bonds is 4. The minimum absolute atomic E-state index is 0.0000548. The molecule has 3 amide bonds. The Bertz CT molecular complexity index is 599. The summed E-state index contributed by atoms with van der Waals surface area (Å²) in [5, 5.41) is 0. The second kappa shape index (κ2) is 7.17. The first-order valence-electron chi connectivity index (χ1n) is 8.40. The summed E-state index contributed by atoms with van der Waals surface area (Å²) in [5.74, 6) is -0.330. The van der Waals surface area contributed by atoms with Crippen LogP contribution in [0.1, 0.15) is 6.92 Å². The van der Waals surface area contributed by atoms with Crippen LogP contribution in [0, 0.1) is 5.82 Å². The van der Waals surface area contributed by atoms with Gasteiger partial charge in [-0.3, -0.25) is 9.69 Å². The molecule has 2 fully saturated rings. The van der Waals surface area contributed by atoms with E-state index in [-0.39, 0.29) is 24.3 Å². The number of hydrogen-bond acceptors (Lipinski definition) is 3. The Kier molecular flexibility index (Phi) is 4.99. The molecule has 130 valence electrons. The molecule has 1 aromatic rings. The van der Waals surface area contributed by atoms with Crippen molar-refractivity contribution in [2.45, 2.75) is 6.92 Å². The van der Waals surface area contributed by atoms with E-state index in [4.69, 9.17) is 0 Å². The Balaban J connectivity index is 1.56. The van der Waals surface area contributed by atoms with Gasteiger partial charge in [-0.15, -0.1) is 0 Å². The van der Waals surface area contributed by atoms with Crippen LogP contribution < -0.4 is 4.90 Å². The molecule has 2 saturated heterocycles. The number of nitrogens with zero attached hydrogens (tertiary/aromatic N) is 4. The molecule has 0 aromatic heterocycles. The van der Waals surface area contributed by atoms with Gasteiger partial charge in [-0.2, -0.15) is 0 Å². The standard InChI is InChI=1S/C17H23FN4O2/c1-2-19-7-9-20(10-8-19)16(23)13-21-11-12-22(17(21)24)15-5-3-14(18)4-6-15/h3-6H,2,7-13H2,1H3. The predicted molar refractivity (Wildman–Crippen MR) is 89.4 cm³/mol. The lowest BCUT2D eigenvalue weighted by Crippen LogP contribution is -2.51. The van der Waals surface area contributed by atoms with E-state index in [1.807, 2.05) is 4.90 Å². The summed E-state index contributed by atoms with van der Waals surface area (Å²) in [6.07, 6.45) is 0. The summed E-state index contributed by atoms with van der Waals surface area (Å²) in [6.45, 7) is 7.47. The first kappa shape index (κ1) is 16.7. The van der Waals surface area contributed by atoms with Crippen molar-refractivity contribution in [1.29, 1.82) is 0 Å². The van der Waals surface area contributed by atoms with Crippen LogP contribution in [0.4, 0.5) is 14.9 Å². The smallest absolute Gasteiger partial charge is 0.325 e. The van der Waals surface area contributed by atoms with Gasteiger partial charge in [0.1, 0.15) is 12.4 Å². The lowest BCUT2D eigenvalue weighted by molar-refractivity contribution is -0.133. The van der Waals surface area contributed by atoms with Crippen molar-refractivity contribution in [3.8, 4) is 0 Å². The van der Waals surface area contributed by atoms with Gasteiger partial charge < -0.3 is 14.7 Å². The molecular weight excluding hydrogens is 311 g/mol. The van der Waals surface area contributed by atoms with Crippen molar-refractivity contribution < 1.29 is 14.0 Å². The highest BCUT2D eigenvalue weighted by Crippen LogP contribution is 2.20. The minimum Gasteiger partial charge on any atom is -0.339 e. The Hall–Kier alpha value is -2.15. The van der Waals surface area contributed by atoms with Crippen molar-refractivity contribution >= 4 is 17.6 Å². The van der Waals surface area contributed by atoms with Gasteiger partial charge in [0, 0.05) is 45.0 Å². The van der Waals surface area contributed by atoms with Crippen LogP contribution in [-0.4, -0.2) is 79.0 Å². The summed E-state index contributed by atoms with van der Waals surface area (Å²) in [7, 11) is 0. The fourth-order valence-electron chi connectivity index (χ4n) is 3.17. The van der Waals surface area contributed by atoms with Gasteiger partial charge in [0.25, 0.3) is 0 Å². The predicted octanol–water partition coefficient (Wildman–Crippen LogP) is 1.23. The topological polar surface area (TPSA) is 47.1 Å². The maximum atomic E-state index is 13.0. The van der Waals surface area contributed by atoms with Gasteiger partial charge in [0.2, 0.25) is 5.91 Å². The molecule has 2 aliphatic rings. The summed E-state index contributed by atoms with van der Waals surface area (Å²) < 4.78 is 13.0. The first-order valence-corrected chi connectivity index (χ1v) is 8.40. The number of likely N-dealkylation sites (N-methyl/N-ethyl adjacent to an activating group) is 1. The van der Waals surface area contributed by atoms with Crippen molar-refractivity contribution in [2.75, 3.05) is 57.3 Å². The largest absolute Gasteiger partial charge is 0.339 e. The SMILES string of the molecule is CCN1CCN(C(=O)CN2CCN(c3ccc(F)cc3)C2=O)CC1. The number of carbonyl (C=O) groups is 2. The number of carbonyl (C=O) groups excluding carboxylic acids is 2. The molecular formula is C17H23FN4O2. The summed E-state index contributed by atoms with van der Waals surface area (Å²) in [5.41, 5.74) is 0.660. The maximum Gasteiger partial charge on any atom is 0.325 e. The zero-order chi connectivity index (χ0) is 17.1. The van der Waals surface area contributed by atoms with E-state index in [1.54, 1.807) is 21.9 Å². The van der Waals surface area contributed by atoms with Crippen LogP contribution in [0.25, 0.3) is 0 Å². The van der Waals surface area contributed by atoms with Crippen LogP contribution in [0.5, 0.6) is 0 Å². The molecule has 0 aliphatic carbocycles. The Morgan fingerprint density at radius 2 is 1.71 bits per heavy atom. The third kappa shape index (κ3) is 3.51. The lowest BCUT2D eigenvalue weighted by atomic mass is 10.3. The Morgan fingerprint density at radius 3 is 2.33 bits per heavy atom. The molecule has 1 aromatic carbocycles. The molecule has 3 rings (SSSR count). The van der Waals surface area contributed by atoms with Crippen LogP contribution >= 0.6 is 0 Å². The molecule has 0 N–H and O–H groups in total. The maximum absolute atomic E-state index is 13.0. The molecule has 0 bridgehead atoms. The van der Waals surface area contributed by atoms with Gasteiger partial charge in [0.05, 0.1) is 0 Å². The van der Waals surface area contributed by atoms with Crippen LogP contribution in [0.3, 0.4) is 0 Å². The van der Waals surface area contributed by atoms with E-state index in [9.17, 15) is 14.0 Å². The number of halogens is 1. The molecule has 2 heterocycles. The Labute approximate surface area is 141 Å². The summed E-state index contributed by atoms with van der Waals surface area (Å²) >= 11 is 0. The number of urea groups is 1. The molecule has 2 aliphatic heterocycles. The summed E-state index contributed by atoms with van der Waals surface area (Å²) in [6, 6.07) is 5.65. The molecule has 0 radical (unpaired) electrons. The fourth-order valence-corrected chi connectivity index (χ4v) is 3.17. The molecule has 0 atom stereocenters. The second-order valence-electron chi connectivity index (χ2n) is 6.15. The highest BCUT2D eigenvalue weighted by molar-refractivity contribution is 5.96. The van der Waals surface area contributed by atoms with Crippen molar-refractivity contribution in [2.24, 2.45) is 0 Å². The first-order chi connectivity index (χ1) is 11.6. The Morgan fingerprint density at radius 1 is 1.04 bits per heavy atom. The summed E-state index contributed by atoms with van der Waals surface area (Å²) in [4.78, 5) is 32.2. The highest BCUT2D eigenvalue weighted by Gasteiger charge is 2.32. The third-order valence-electron chi connectivity index (χ3n) is 4.73. The number of anilines is 1. The average Bonchev–Trinajstić information content (AvgIpc) is 2.96. The number of amides is 3. The van der Waals surface area contributed by atoms with Gasteiger partial charge in [-0.05, 0) is 30.8 Å². The number of benzene rings is 1. The average molecular weight is 334 g/mol. The van der Waals surface area contributed by atoms with E-state index in [0.717, 1.165) is 32.7 Å². The normalized spacial score (nSPS) is 19.2. The monoisotopic (exact) mass is 334 g/mol. The van der Waals surface area contributed by atoms with Gasteiger partial charge in [-0.1, -0.05) is 6.92 Å². The fraction of sp³-hybridized carbons (Fsp3) is 0.529. The quantitative estimate of drug-likeness (QED) is 0.832. The van der Waals surface area contributed by atoms with E-state index >= 15 is 0 Å². The van der Waals surface area contributed by atoms with E-state index < -0.39 is 0 Å². The third-order valence-corrected chi connectivity index (χ3v) is 4.73. The van der Waals surface area contributed by atoms with E-state index in [1.165, 1.54) is 12.1 Å². The molecule has 24 heavy (non-hydrogen) atoms. The van der Waals surface area contributed by atoms with Gasteiger partial charge >= 0.3 is 6.03 Å². The molecule has 6 nitrogen and oxygen atoms in total. The molecule has 0 unspecified atom stereocenters. The number of piperazine rings is 1. The highest BCUT2D eigenvalue weighted by atomic mass is 19.1. The minimum atomic E-state index is -0.330. The second-order valence-corrected chi connectivity index (χ2v) is 6.15. The van der Waals surface area contributed by atoms with Crippen molar-refractivity contribution in [3.63, 3.8) is 0 Å². The lowest BCUT2D eigenvalue weighted by Gasteiger charge is -2.34. The van der Waals surface area contributed by atoms with Crippen molar-refractivity contribution in [3.05, 3.63) is 30.1 Å². The molecule has 0 spiro atoms. The molecule has 7 heteroatoms.